The van der Waals surface area contributed by atoms with E-state index in [4.69, 9.17) is 19.7 Å². The molecule has 0 aromatic carbocycles. The quantitative estimate of drug-likeness (QED) is 0.111. The van der Waals surface area contributed by atoms with E-state index in [1.165, 1.54) is 0 Å². The van der Waals surface area contributed by atoms with Crippen LogP contribution in [0.15, 0.2) is 0 Å². The van der Waals surface area contributed by atoms with E-state index in [1.807, 2.05) is 0 Å². The molecule has 6 nitrogen and oxygen atoms in total. The summed E-state index contributed by atoms with van der Waals surface area (Å²) in [6.07, 6.45) is -26.7. The molecule has 2 aliphatic carbocycles. The van der Waals surface area contributed by atoms with Crippen molar-refractivity contribution in [1.29, 1.82) is 0 Å². The number of halogens is 12. The van der Waals surface area contributed by atoms with Crippen LogP contribution in [-0.4, -0.2) is 71.3 Å². The van der Waals surface area contributed by atoms with E-state index in [1.54, 1.807) is 0 Å². The molecule has 0 spiro atoms. The molecule has 0 aromatic rings. The van der Waals surface area contributed by atoms with E-state index < -0.39 is 85.4 Å². The number of hydrogen-bond donors (Lipinski definition) is 2. The minimum Gasteiger partial charge on any atom is -0.465 e. The van der Waals surface area contributed by atoms with Crippen molar-refractivity contribution in [2.75, 3.05) is 13.2 Å². The Morgan fingerprint density at radius 1 is 0.523 bits per heavy atom. The van der Waals surface area contributed by atoms with Gasteiger partial charge in [0.15, 0.2) is 0 Å². The zero-order valence-electron chi connectivity index (χ0n) is 23.3. The molecular weight excluding hydrogens is 636 g/mol. The van der Waals surface area contributed by atoms with Crippen LogP contribution in [0.2, 0.25) is 0 Å². The maximum atomic E-state index is 12.7. The molecule has 0 aromatic heterocycles. The lowest BCUT2D eigenvalue weighted by Gasteiger charge is -2.32. The molecule has 18 heteroatoms. The fraction of sp³-hybridized carbons (Fsp3) is 0.923. The van der Waals surface area contributed by atoms with Crippen LogP contribution in [0.4, 0.5) is 52.7 Å². The number of rotatable bonds is 15. The van der Waals surface area contributed by atoms with Crippen LogP contribution in [0, 0.1) is 23.7 Å². The van der Waals surface area contributed by atoms with Crippen molar-refractivity contribution in [2.24, 2.45) is 23.7 Å². The summed E-state index contributed by atoms with van der Waals surface area (Å²) in [6.45, 7) is -0.567. The monoisotopic (exact) mass is 670 g/mol. The summed E-state index contributed by atoms with van der Waals surface area (Å²) in [5.41, 5.74) is -9.69. The van der Waals surface area contributed by atoms with E-state index in [2.05, 4.69) is 0 Å². The van der Waals surface area contributed by atoms with Crippen LogP contribution in [0.1, 0.15) is 77.0 Å². The first-order valence-electron chi connectivity index (χ1n) is 14.0. The van der Waals surface area contributed by atoms with Gasteiger partial charge in [-0.2, -0.15) is 52.7 Å². The Bertz CT molecular complexity index is 931. The van der Waals surface area contributed by atoms with Gasteiger partial charge in [0.25, 0.3) is 11.2 Å². The first-order valence-corrected chi connectivity index (χ1v) is 14.0. The van der Waals surface area contributed by atoms with Gasteiger partial charge in [-0.05, 0) is 76.0 Å². The number of ether oxygens (including phenoxy) is 2. The molecule has 2 saturated carbocycles. The molecule has 2 fully saturated rings. The number of aliphatic hydroxyl groups is 2. The highest BCUT2D eigenvalue weighted by molar-refractivity contribution is 5.83. The van der Waals surface area contributed by atoms with Gasteiger partial charge in [-0.25, -0.2) is 0 Å². The van der Waals surface area contributed by atoms with Gasteiger partial charge in [0.05, 0.1) is 25.0 Å². The van der Waals surface area contributed by atoms with Gasteiger partial charge in [0.2, 0.25) is 0 Å². The molecule has 0 radical (unpaired) electrons. The number of fused-ring (bicyclic) bond motifs is 2. The fourth-order valence-corrected chi connectivity index (χ4v) is 5.89. The third-order valence-corrected chi connectivity index (χ3v) is 8.44. The topological polar surface area (TPSA) is 93.1 Å². The average Bonchev–Trinajstić information content (AvgIpc) is 3.49. The molecule has 2 N–H and O–H groups in total. The molecular formula is C26H34F12O6. The van der Waals surface area contributed by atoms with Crippen LogP contribution < -0.4 is 0 Å². The third kappa shape index (κ3) is 8.63. The summed E-state index contributed by atoms with van der Waals surface area (Å²) in [5, 5.41) is 18.3. The second kappa shape index (κ2) is 14.2. The van der Waals surface area contributed by atoms with Gasteiger partial charge in [-0.15, -0.1) is 0 Å². The molecule has 44 heavy (non-hydrogen) atoms. The van der Waals surface area contributed by atoms with Crippen LogP contribution in [-0.2, 0) is 19.1 Å². The predicted molar refractivity (Wildman–Crippen MR) is 125 cm³/mol. The van der Waals surface area contributed by atoms with Crippen molar-refractivity contribution in [3.8, 4) is 0 Å². The van der Waals surface area contributed by atoms with Crippen LogP contribution in [0.25, 0.3) is 0 Å². The Morgan fingerprint density at radius 3 is 1.14 bits per heavy atom. The Kier molecular flexibility index (Phi) is 12.3. The predicted octanol–water partition coefficient (Wildman–Crippen LogP) is 6.96. The SMILES string of the molecule is O=C(OCCCCCCC(O)(C(F)(F)F)C(F)(F)F)C1C2CCC(C2)C1C(=O)OCCCCCC(O)(C(F)(F)F)C(F)(F)F. The minimum atomic E-state index is -5.93. The molecule has 2 aliphatic rings. The van der Waals surface area contributed by atoms with Gasteiger partial charge in [-0.1, -0.05) is 12.8 Å². The standard InChI is InChI=1S/C26H34F12O6/c27-23(28,29)21(41,24(30,31)32)10-4-1-2-6-12-43-19(39)17-15-8-9-16(14-15)18(17)20(40)44-13-7-3-5-11-22(42,25(33,34)35)26(36,37)38/h15-18,41-42H,1-14H2. The van der Waals surface area contributed by atoms with Crippen molar-refractivity contribution in [1.82, 2.24) is 0 Å². The Balaban J connectivity index is 1.75. The maximum absolute atomic E-state index is 12.7. The summed E-state index contributed by atoms with van der Waals surface area (Å²) >= 11 is 0. The molecule has 0 aliphatic heterocycles. The second-order valence-electron chi connectivity index (χ2n) is 11.4. The summed E-state index contributed by atoms with van der Waals surface area (Å²) in [5.74, 6) is -3.67. The number of carbonyl (C=O) groups is 2. The van der Waals surface area contributed by atoms with E-state index in [9.17, 15) is 62.3 Å². The van der Waals surface area contributed by atoms with Gasteiger partial charge in [0.1, 0.15) is 0 Å². The van der Waals surface area contributed by atoms with Gasteiger partial charge in [0, 0.05) is 0 Å². The zero-order valence-corrected chi connectivity index (χ0v) is 23.3. The molecule has 4 atom stereocenters. The molecule has 0 amide bonds. The van der Waals surface area contributed by atoms with Crippen LogP contribution >= 0.6 is 0 Å². The highest BCUT2D eigenvalue weighted by atomic mass is 19.4. The van der Waals surface area contributed by atoms with Crippen LogP contribution in [0.5, 0.6) is 0 Å². The maximum Gasteiger partial charge on any atom is 0.426 e. The number of carbonyl (C=O) groups excluding carboxylic acids is 2. The third-order valence-electron chi connectivity index (χ3n) is 8.44. The Hall–Kier alpha value is -1.98. The lowest BCUT2D eigenvalue weighted by atomic mass is 9.79. The summed E-state index contributed by atoms with van der Waals surface area (Å²) in [6, 6.07) is 0. The van der Waals surface area contributed by atoms with E-state index >= 15 is 0 Å². The first-order chi connectivity index (χ1) is 20.0. The largest absolute Gasteiger partial charge is 0.465 e. The van der Waals surface area contributed by atoms with E-state index in [0.717, 1.165) is 0 Å². The molecule has 2 rings (SSSR count). The molecule has 0 heterocycles. The Labute approximate surface area is 244 Å². The van der Waals surface area contributed by atoms with Crippen LogP contribution in [0.3, 0.4) is 0 Å². The molecule has 4 unspecified atom stereocenters. The van der Waals surface area contributed by atoms with Gasteiger partial charge < -0.3 is 19.7 Å². The average molecular weight is 671 g/mol. The first kappa shape index (κ1) is 38.2. The fourth-order valence-electron chi connectivity index (χ4n) is 5.89. The van der Waals surface area contributed by atoms with Crippen molar-refractivity contribution in [3.05, 3.63) is 0 Å². The number of esters is 2. The lowest BCUT2D eigenvalue weighted by molar-refractivity contribution is -0.370. The summed E-state index contributed by atoms with van der Waals surface area (Å²) in [7, 11) is 0. The van der Waals surface area contributed by atoms with Crippen molar-refractivity contribution >= 4 is 11.9 Å². The van der Waals surface area contributed by atoms with E-state index in [0.29, 0.717) is 19.3 Å². The van der Waals surface area contributed by atoms with Crippen molar-refractivity contribution < 1.29 is 82.0 Å². The van der Waals surface area contributed by atoms with Crippen molar-refractivity contribution in [2.45, 2.75) is 113 Å². The molecule has 0 saturated heterocycles. The minimum absolute atomic E-state index is 0.0879. The summed E-state index contributed by atoms with van der Waals surface area (Å²) in [4.78, 5) is 25.5. The normalized spacial score (nSPS) is 23.2. The number of alkyl halides is 12. The highest BCUT2D eigenvalue weighted by Crippen LogP contribution is 2.53. The Morgan fingerprint density at radius 2 is 0.818 bits per heavy atom. The van der Waals surface area contributed by atoms with Crippen molar-refractivity contribution in [3.63, 3.8) is 0 Å². The highest BCUT2D eigenvalue weighted by Gasteiger charge is 2.70. The zero-order chi connectivity index (χ0) is 33.8. The lowest BCUT2D eigenvalue weighted by Crippen LogP contribution is -2.56. The smallest absolute Gasteiger partial charge is 0.426 e. The summed E-state index contributed by atoms with van der Waals surface area (Å²) < 4.78 is 163. The van der Waals surface area contributed by atoms with Gasteiger partial charge in [-0.3, -0.25) is 9.59 Å². The number of unbranched alkanes of at least 4 members (excludes halogenated alkanes) is 5. The van der Waals surface area contributed by atoms with E-state index in [-0.39, 0.29) is 57.2 Å². The van der Waals surface area contributed by atoms with Gasteiger partial charge >= 0.3 is 36.6 Å². The molecule has 258 valence electrons. The molecule has 2 bridgehead atoms. The second-order valence-corrected chi connectivity index (χ2v) is 11.4. The number of hydrogen-bond acceptors (Lipinski definition) is 6.